The van der Waals surface area contributed by atoms with E-state index in [0.29, 0.717) is 0 Å². The van der Waals surface area contributed by atoms with Crippen molar-refractivity contribution >= 4 is 36.5 Å². The minimum atomic E-state index is -3.63. The van der Waals surface area contributed by atoms with Crippen LogP contribution in [0.5, 0.6) is 0 Å². The quantitative estimate of drug-likeness (QED) is 0.417. The molecule has 0 saturated carbocycles. The average molecular weight is 376 g/mol. The molecule has 0 heterocycles. The molecule has 6 heavy (non-hydrogen) atoms. The normalized spacial score (nSPS) is 4.00. The van der Waals surface area contributed by atoms with Crippen LogP contribution in [0.2, 0.25) is 0 Å². The molecule has 0 unspecified atom stereocenters. The van der Waals surface area contributed by atoms with Crippen LogP contribution in [-0.2, 0) is 26.8 Å². The first-order valence-electron chi connectivity index (χ1n) is 0.612. The molecule has 0 aliphatic carbocycles. The van der Waals surface area contributed by atoms with E-state index >= 15 is 0 Å². The van der Waals surface area contributed by atoms with Crippen LogP contribution in [0.3, 0.4) is 0 Å². The van der Waals surface area contributed by atoms with E-state index in [0.717, 1.165) is 0 Å². The molecule has 0 saturated heterocycles. The van der Waals surface area contributed by atoms with Crippen molar-refractivity contribution < 1.29 is 36.4 Å². The Kier molecular flexibility index (Phi) is 25.0. The summed E-state index contributed by atoms with van der Waals surface area (Å²) in [4.78, 5) is 17.0. The third-order valence-corrected chi connectivity index (χ3v) is 0. The van der Waals surface area contributed by atoms with Crippen molar-refractivity contribution in [2.24, 2.45) is 0 Å². The fourth-order valence-corrected chi connectivity index (χ4v) is 0. The van der Waals surface area contributed by atoms with Gasteiger partial charge in [-0.05, 0) is 0 Å². The van der Waals surface area contributed by atoms with Gasteiger partial charge in [0.15, 0.2) is 0 Å². The Bertz CT molecular complexity index is 33.8. The van der Waals surface area contributed by atoms with Crippen LogP contribution in [0.1, 0.15) is 0 Å². The van der Waals surface area contributed by atoms with Crippen LogP contribution in [0.25, 0.3) is 0 Å². The Morgan fingerprint density at radius 3 is 1.33 bits per heavy atom. The number of hydrogen-bond acceptors (Lipinski definition) is 3. The topological polar surface area (TPSA) is 63.2 Å². The summed E-state index contributed by atoms with van der Waals surface area (Å²) in [5, 5.41) is 0. The van der Waals surface area contributed by atoms with E-state index in [4.69, 9.17) is 14.1 Å². The molecule has 0 N–H and O–H groups in total. The second kappa shape index (κ2) is 9.56. The first kappa shape index (κ1) is 15.7. The Balaban J connectivity index is -0.0000000450. The summed E-state index contributed by atoms with van der Waals surface area (Å²) < 4.78 is 8.52. The van der Waals surface area contributed by atoms with Gasteiger partial charge in [0, 0.05) is 36.5 Å². The fourth-order valence-electron chi connectivity index (χ4n) is 0. The summed E-state index contributed by atoms with van der Waals surface area (Å²) >= 11 is 0. The van der Waals surface area contributed by atoms with Crippen LogP contribution in [0, 0.1) is 0 Å². The van der Waals surface area contributed by atoms with Gasteiger partial charge in [0.05, 0.1) is 0 Å². The predicted molar refractivity (Wildman–Crippen MR) is 12.2 cm³/mol. The largest absolute Gasteiger partial charge is 2.00 e. The zero-order chi connectivity index (χ0) is 3.58. The maximum Gasteiger partial charge on any atom is 2.00 e. The Labute approximate surface area is 72.3 Å². The first-order chi connectivity index (χ1) is 1.73. The van der Waals surface area contributed by atoms with Crippen molar-refractivity contribution in [3.63, 3.8) is 0 Å². The minimum Gasteiger partial charge on any atom is -0.672 e. The molecule has 0 aliphatic heterocycles. The molecule has 6 heteroatoms. The number of rotatable bonds is 0. The summed E-state index contributed by atoms with van der Waals surface area (Å²) in [5.74, 6) is 0. The summed E-state index contributed by atoms with van der Waals surface area (Å²) in [6.07, 6.45) is 0. The monoisotopic (exact) mass is 377 g/mol. The summed E-state index contributed by atoms with van der Waals surface area (Å²) in [7, 11) is -3.63. The van der Waals surface area contributed by atoms with Gasteiger partial charge in [0.25, 0.3) is 0 Å². The van der Waals surface area contributed by atoms with Crippen LogP contribution in [0.15, 0.2) is 0 Å². The van der Waals surface area contributed by atoms with E-state index in [1.54, 1.807) is 0 Å². The molecule has 0 spiro atoms. The van der Waals surface area contributed by atoms with Crippen LogP contribution in [-0.4, -0.2) is 36.5 Å². The summed E-state index contributed by atoms with van der Waals surface area (Å²) in [5.41, 5.74) is 0. The van der Waals surface area contributed by atoms with Crippen molar-refractivity contribution in [3.05, 3.63) is 0 Å². The Morgan fingerprint density at radius 1 is 1.33 bits per heavy atom. The molecule has 0 aromatic rings. The van der Waals surface area contributed by atoms with E-state index in [2.05, 4.69) is 0 Å². The molecule has 0 rings (SSSR count). The maximum absolute atomic E-state index is 8.52. The SMILES string of the molecule is O=[Si]([O-])[O-].[Nb+2].[Pb]. The molecule has 0 atom stereocenters. The summed E-state index contributed by atoms with van der Waals surface area (Å²) in [6, 6.07) is 0. The smallest absolute Gasteiger partial charge is 0.672 e. The molecular weight excluding hydrogens is 376 g/mol. The second-order valence-corrected chi connectivity index (χ2v) is 0.750. The van der Waals surface area contributed by atoms with Crippen LogP contribution >= 0.6 is 0 Å². The van der Waals surface area contributed by atoms with Gasteiger partial charge in [-0.3, -0.25) is 0 Å². The molecule has 31 valence electrons. The fraction of sp³-hybridized carbons (Fsp3) is 0. The average Bonchev–Trinajstić information content (AvgIpc) is 0.811. The van der Waals surface area contributed by atoms with Gasteiger partial charge in [-0.25, -0.2) is 0 Å². The van der Waals surface area contributed by atoms with Gasteiger partial charge >= 0.3 is 22.4 Å². The third kappa shape index (κ3) is 59.1. The van der Waals surface area contributed by atoms with Crippen molar-refractivity contribution in [1.82, 2.24) is 0 Å². The van der Waals surface area contributed by atoms with Crippen molar-refractivity contribution in [2.75, 3.05) is 0 Å². The van der Waals surface area contributed by atoms with Crippen LogP contribution in [0.4, 0.5) is 0 Å². The Hall–Kier alpha value is 1.28. The van der Waals surface area contributed by atoms with Gasteiger partial charge < -0.3 is 14.1 Å². The molecular formula is NbO3PbSi. The molecule has 3 nitrogen and oxygen atoms in total. The van der Waals surface area contributed by atoms with Gasteiger partial charge in [-0.2, -0.15) is 0 Å². The van der Waals surface area contributed by atoms with E-state index in [9.17, 15) is 0 Å². The predicted octanol–water partition coefficient (Wildman–Crippen LogP) is -3.26. The van der Waals surface area contributed by atoms with E-state index in [-0.39, 0.29) is 49.7 Å². The second-order valence-electron chi connectivity index (χ2n) is 0.250. The molecule has 0 aliphatic rings. The van der Waals surface area contributed by atoms with E-state index in [1.165, 1.54) is 0 Å². The van der Waals surface area contributed by atoms with Gasteiger partial charge in [0.1, 0.15) is 0 Å². The number of hydrogen-bond donors (Lipinski definition) is 0. The van der Waals surface area contributed by atoms with Crippen molar-refractivity contribution in [2.45, 2.75) is 0 Å². The van der Waals surface area contributed by atoms with Gasteiger partial charge in [-0.15, -0.1) is 0 Å². The standard InChI is InChI=1S/Nb.O3Si.Pb/c;1-4(2)3;/q+2;-2;. The summed E-state index contributed by atoms with van der Waals surface area (Å²) in [6.45, 7) is 0. The molecule has 0 bridgehead atoms. The van der Waals surface area contributed by atoms with Crippen LogP contribution < -0.4 is 9.59 Å². The molecule has 0 aromatic carbocycles. The molecule has 5 radical (unpaired) electrons. The minimum absolute atomic E-state index is 0. The maximum atomic E-state index is 8.52. The molecule has 0 amide bonds. The van der Waals surface area contributed by atoms with Crippen molar-refractivity contribution in [3.8, 4) is 0 Å². The third-order valence-electron chi connectivity index (χ3n) is 0. The van der Waals surface area contributed by atoms with Crippen molar-refractivity contribution in [1.29, 1.82) is 0 Å². The first-order valence-corrected chi connectivity index (χ1v) is 1.84. The Morgan fingerprint density at radius 2 is 1.33 bits per heavy atom. The zero-order valence-corrected chi connectivity index (χ0v) is 9.76. The molecule has 0 aromatic heterocycles. The van der Waals surface area contributed by atoms with Gasteiger partial charge in [-0.1, -0.05) is 0 Å². The zero-order valence-electron chi connectivity index (χ0n) is 2.67. The van der Waals surface area contributed by atoms with Gasteiger partial charge in [0.2, 0.25) is 0 Å². The van der Waals surface area contributed by atoms with E-state index < -0.39 is 9.17 Å². The van der Waals surface area contributed by atoms with E-state index in [1.807, 2.05) is 0 Å². The molecule has 0 fully saturated rings.